The fourth-order valence-electron chi connectivity index (χ4n) is 1.83. The minimum atomic E-state index is -1.08. The van der Waals surface area contributed by atoms with Crippen LogP contribution < -0.4 is 0 Å². The van der Waals surface area contributed by atoms with E-state index in [9.17, 15) is 9.90 Å². The smallest absolute Gasteiger partial charge is 0.356 e. The highest BCUT2D eigenvalue weighted by Gasteiger charge is 2.16. The summed E-state index contributed by atoms with van der Waals surface area (Å²) in [6, 6.07) is 5.10. The minimum Gasteiger partial charge on any atom is -0.507 e. The molecule has 1 aromatic heterocycles. The Morgan fingerprint density at radius 2 is 2.00 bits per heavy atom. The summed E-state index contributed by atoms with van der Waals surface area (Å²) in [5.74, 6) is -0.921. The Bertz CT molecular complexity index is 629. The molecule has 5 nitrogen and oxygen atoms in total. The number of carboxylic acid groups (broad SMARTS) is 1. The van der Waals surface area contributed by atoms with Crippen molar-refractivity contribution < 1.29 is 15.0 Å². The molecule has 2 N–H and O–H groups in total. The van der Waals surface area contributed by atoms with Crippen molar-refractivity contribution >= 4 is 5.97 Å². The maximum Gasteiger partial charge on any atom is 0.356 e. The second-order valence-corrected chi connectivity index (χ2v) is 4.25. The topological polar surface area (TPSA) is 75.3 Å². The Morgan fingerprint density at radius 3 is 2.56 bits per heavy atom. The molecule has 1 heterocycles. The highest BCUT2D eigenvalue weighted by atomic mass is 16.4. The number of nitrogens with zero attached hydrogens (tertiary/aromatic N) is 2. The van der Waals surface area contributed by atoms with E-state index in [1.807, 2.05) is 19.9 Å². The number of aromatic hydroxyl groups is 1. The standard InChI is InChI=1S/C13H14N2O3/c1-7-4-5-9(12(16)8(7)2)11-6-10(13(17)18)14-15(11)3/h4-6,16H,1-3H3,(H,17,18). The Kier molecular flexibility index (Phi) is 2.82. The van der Waals surface area contributed by atoms with Crippen molar-refractivity contribution in [2.45, 2.75) is 13.8 Å². The summed E-state index contributed by atoms with van der Waals surface area (Å²) < 4.78 is 1.45. The van der Waals surface area contributed by atoms with Crippen LogP contribution in [0, 0.1) is 13.8 Å². The zero-order valence-electron chi connectivity index (χ0n) is 10.4. The summed E-state index contributed by atoms with van der Waals surface area (Å²) in [5, 5.41) is 22.9. The van der Waals surface area contributed by atoms with Crippen molar-refractivity contribution in [3.63, 3.8) is 0 Å². The van der Waals surface area contributed by atoms with E-state index in [0.29, 0.717) is 11.3 Å². The van der Waals surface area contributed by atoms with Gasteiger partial charge < -0.3 is 10.2 Å². The van der Waals surface area contributed by atoms with Crippen molar-refractivity contribution in [2.75, 3.05) is 0 Å². The molecule has 2 aromatic rings. The molecule has 0 unspecified atom stereocenters. The molecule has 0 atom stereocenters. The lowest BCUT2D eigenvalue weighted by Gasteiger charge is -2.09. The number of phenols is 1. The van der Waals surface area contributed by atoms with Gasteiger partial charge >= 0.3 is 5.97 Å². The van der Waals surface area contributed by atoms with Gasteiger partial charge in [0.15, 0.2) is 5.69 Å². The molecule has 94 valence electrons. The van der Waals surface area contributed by atoms with Crippen LogP contribution in [-0.2, 0) is 7.05 Å². The zero-order chi connectivity index (χ0) is 13.4. The molecule has 0 aliphatic carbocycles. The molecule has 1 aromatic carbocycles. The Morgan fingerprint density at radius 1 is 1.33 bits per heavy atom. The number of phenolic OH excluding ortho intramolecular Hbond substituents is 1. The number of rotatable bonds is 2. The highest BCUT2D eigenvalue weighted by Crippen LogP contribution is 2.33. The largest absolute Gasteiger partial charge is 0.507 e. The molecule has 5 heteroatoms. The molecule has 0 saturated carbocycles. The van der Waals surface area contributed by atoms with E-state index in [1.165, 1.54) is 10.7 Å². The fraction of sp³-hybridized carbons (Fsp3) is 0.231. The Balaban J connectivity index is 2.62. The van der Waals surface area contributed by atoms with Crippen LogP contribution in [0.1, 0.15) is 21.6 Å². The van der Waals surface area contributed by atoms with E-state index in [0.717, 1.165) is 11.1 Å². The second-order valence-electron chi connectivity index (χ2n) is 4.25. The van der Waals surface area contributed by atoms with Crippen LogP contribution >= 0.6 is 0 Å². The van der Waals surface area contributed by atoms with Crippen LogP contribution in [0.25, 0.3) is 11.3 Å². The predicted octanol–water partition coefficient (Wildman–Crippen LogP) is 2.11. The van der Waals surface area contributed by atoms with Gasteiger partial charge in [0.05, 0.1) is 5.69 Å². The average Bonchev–Trinajstić information content (AvgIpc) is 2.69. The number of benzene rings is 1. The maximum atomic E-state index is 10.9. The van der Waals surface area contributed by atoms with Gasteiger partial charge in [-0.15, -0.1) is 0 Å². The second kappa shape index (κ2) is 4.18. The fourth-order valence-corrected chi connectivity index (χ4v) is 1.83. The lowest BCUT2D eigenvalue weighted by molar-refractivity contribution is 0.0689. The van der Waals surface area contributed by atoms with Crippen molar-refractivity contribution in [1.82, 2.24) is 9.78 Å². The first kappa shape index (κ1) is 12.2. The number of hydrogen-bond acceptors (Lipinski definition) is 3. The van der Waals surface area contributed by atoms with Gasteiger partial charge in [-0.3, -0.25) is 4.68 Å². The molecule has 0 amide bonds. The van der Waals surface area contributed by atoms with E-state index in [-0.39, 0.29) is 11.4 Å². The van der Waals surface area contributed by atoms with Crippen LogP contribution in [0.3, 0.4) is 0 Å². The van der Waals surface area contributed by atoms with Gasteiger partial charge in [0.2, 0.25) is 0 Å². The molecule has 0 aliphatic heterocycles. The van der Waals surface area contributed by atoms with E-state index in [4.69, 9.17) is 5.11 Å². The van der Waals surface area contributed by atoms with E-state index in [2.05, 4.69) is 5.10 Å². The van der Waals surface area contributed by atoms with Gasteiger partial charge in [-0.2, -0.15) is 5.10 Å². The third kappa shape index (κ3) is 1.84. The Labute approximate surface area is 104 Å². The predicted molar refractivity (Wildman–Crippen MR) is 66.7 cm³/mol. The first-order valence-electron chi connectivity index (χ1n) is 5.48. The summed E-state index contributed by atoms with van der Waals surface area (Å²) in [7, 11) is 1.65. The van der Waals surface area contributed by atoms with Gasteiger partial charge in [0.1, 0.15) is 5.75 Å². The zero-order valence-corrected chi connectivity index (χ0v) is 10.4. The van der Waals surface area contributed by atoms with Crippen molar-refractivity contribution in [1.29, 1.82) is 0 Å². The normalized spacial score (nSPS) is 10.6. The number of aromatic carboxylic acids is 1. The molecule has 0 saturated heterocycles. The summed E-state index contributed by atoms with van der Waals surface area (Å²) in [4.78, 5) is 10.9. The van der Waals surface area contributed by atoms with Crippen LogP contribution in [0.5, 0.6) is 5.75 Å². The molecule has 0 aliphatic rings. The summed E-state index contributed by atoms with van der Waals surface area (Å²) in [6.07, 6.45) is 0. The molecule has 18 heavy (non-hydrogen) atoms. The average molecular weight is 246 g/mol. The van der Waals surface area contributed by atoms with Crippen molar-refractivity contribution in [3.8, 4) is 17.0 Å². The number of aromatic nitrogens is 2. The van der Waals surface area contributed by atoms with E-state index >= 15 is 0 Å². The molecule has 0 fully saturated rings. The van der Waals surface area contributed by atoms with E-state index in [1.54, 1.807) is 13.1 Å². The molecule has 0 bridgehead atoms. The number of carbonyl (C=O) groups is 1. The number of carboxylic acids is 1. The summed E-state index contributed by atoms with van der Waals surface area (Å²) >= 11 is 0. The van der Waals surface area contributed by atoms with Crippen LogP contribution in [0.4, 0.5) is 0 Å². The first-order valence-corrected chi connectivity index (χ1v) is 5.48. The quantitative estimate of drug-likeness (QED) is 0.851. The lowest BCUT2D eigenvalue weighted by atomic mass is 10.0. The third-order valence-electron chi connectivity index (χ3n) is 3.08. The molecule has 2 rings (SSSR count). The van der Waals surface area contributed by atoms with E-state index < -0.39 is 5.97 Å². The summed E-state index contributed by atoms with van der Waals surface area (Å²) in [6.45, 7) is 3.73. The van der Waals surface area contributed by atoms with Crippen molar-refractivity contribution in [2.24, 2.45) is 7.05 Å². The molecule has 0 radical (unpaired) electrons. The Hall–Kier alpha value is -2.30. The first-order chi connectivity index (χ1) is 8.41. The highest BCUT2D eigenvalue weighted by molar-refractivity contribution is 5.87. The van der Waals surface area contributed by atoms with Crippen LogP contribution in [0.15, 0.2) is 18.2 Å². The van der Waals surface area contributed by atoms with Gasteiger partial charge in [-0.25, -0.2) is 4.79 Å². The van der Waals surface area contributed by atoms with Gasteiger partial charge in [-0.05, 0) is 37.1 Å². The lowest BCUT2D eigenvalue weighted by Crippen LogP contribution is -1.99. The van der Waals surface area contributed by atoms with Crippen LogP contribution in [0.2, 0.25) is 0 Å². The molecule has 0 spiro atoms. The monoisotopic (exact) mass is 246 g/mol. The summed E-state index contributed by atoms with van der Waals surface area (Å²) in [5.41, 5.74) is 2.89. The van der Waals surface area contributed by atoms with Gasteiger partial charge in [-0.1, -0.05) is 6.07 Å². The molecular weight excluding hydrogens is 232 g/mol. The van der Waals surface area contributed by atoms with Crippen molar-refractivity contribution in [3.05, 3.63) is 35.0 Å². The molecular formula is C13H14N2O3. The third-order valence-corrected chi connectivity index (χ3v) is 3.08. The SMILES string of the molecule is Cc1ccc(-c2cc(C(=O)O)nn2C)c(O)c1C. The maximum absolute atomic E-state index is 10.9. The number of aryl methyl sites for hydroxylation is 2. The number of hydrogen-bond donors (Lipinski definition) is 2. The van der Waals surface area contributed by atoms with Gasteiger partial charge in [0.25, 0.3) is 0 Å². The van der Waals surface area contributed by atoms with Crippen LogP contribution in [-0.4, -0.2) is 26.0 Å². The van der Waals surface area contributed by atoms with Gasteiger partial charge in [0, 0.05) is 12.6 Å². The minimum absolute atomic E-state index is 0.0369.